The van der Waals surface area contributed by atoms with E-state index in [0.717, 1.165) is 4.90 Å². The highest BCUT2D eigenvalue weighted by Gasteiger charge is 2.45. The van der Waals surface area contributed by atoms with E-state index in [1.807, 2.05) is 0 Å². The van der Waals surface area contributed by atoms with Gasteiger partial charge in [-0.15, -0.1) is 0 Å². The predicted octanol–water partition coefficient (Wildman–Crippen LogP) is -1.39. The Kier molecular flexibility index (Phi) is 5.17. The number of carbonyl (C=O) groups is 5. The fourth-order valence-corrected chi connectivity index (χ4v) is 3.10. The Balaban J connectivity index is 1.81. The summed E-state index contributed by atoms with van der Waals surface area (Å²) in [6.07, 6.45) is 0.114. The second-order valence-corrected chi connectivity index (χ2v) is 6.10. The minimum absolute atomic E-state index is 0.0416. The number of fused-ring (bicyclic) bond motifs is 1. The Morgan fingerprint density at radius 2 is 2.00 bits per heavy atom. The molecule has 5 amide bonds. The molecule has 1 fully saturated rings. The number of aliphatic hydroxyl groups is 1. The van der Waals surface area contributed by atoms with Crippen LogP contribution in [0.1, 0.15) is 33.6 Å². The van der Waals surface area contributed by atoms with Crippen LogP contribution in [0, 0.1) is 0 Å². The molecule has 0 bridgehead atoms. The standard InChI is InChI=1S/C17H18N4O6/c22-7-6-18-13(24)8-19-10-3-1-2-9-14(10)17(27)21(16(9)26)11-4-5-12(23)20-15(11)25/h1-3,11,19,22H,4-8H2,(H,18,24)(H,20,23,25). The molecule has 4 N–H and O–H groups in total. The van der Waals surface area contributed by atoms with Gasteiger partial charge in [0.1, 0.15) is 6.04 Å². The first-order valence-corrected chi connectivity index (χ1v) is 8.40. The molecular weight excluding hydrogens is 356 g/mol. The maximum Gasteiger partial charge on any atom is 0.264 e. The van der Waals surface area contributed by atoms with Crippen LogP contribution in [0.4, 0.5) is 5.69 Å². The third-order valence-electron chi connectivity index (χ3n) is 4.34. The van der Waals surface area contributed by atoms with E-state index in [9.17, 15) is 24.0 Å². The van der Waals surface area contributed by atoms with E-state index in [-0.39, 0.29) is 49.6 Å². The predicted molar refractivity (Wildman–Crippen MR) is 91.7 cm³/mol. The van der Waals surface area contributed by atoms with Gasteiger partial charge in [0.05, 0.1) is 24.3 Å². The SMILES string of the molecule is O=C(CNc1cccc2c1C(=O)N(C1CCC(=O)NC1=O)C2=O)NCCO. The molecule has 2 aliphatic heterocycles. The number of carbonyl (C=O) groups excluding carboxylic acids is 5. The van der Waals surface area contributed by atoms with Crippen LogP contribution in [0.25, 0.3) is 0 Å². The summed E-state index contributed by atoms with van der Waals surface area (Å²) in [5, 5.41) is 16.1. The number of nitrogens with one attached hydrogen (secondary N) is 3. The van der Waals surface area contributed by atoms with Crippen molar-refractivity contribution < 1.29 is 29.1 Å². The number of hydrogen-bond acceptors (Lipinski definition) is 7. The molecule has 0 aromatic heterocycles. The topological polar surface area (TPSA) is 145 Å². The van der Waals surface area contributed by atoms with Gasteiger partial charge in [-0.05, 0) is 18.6 Å². The summed E-state index contributed by atoms with van der Waals surface area (Å²) in [6, 6.07) is 3.54. The molecule has 1 atom stereocenters. The number of rotatable bonds is 6. The number of piperidine rings is 1. The molecule has 2 aliphatic rings. The molecule has 142 valence electrons. The second-order valence-electron chi connectivity index (χ2n) is 6.10. The lowest BCUT2D eigenvalue weighted by molar-refractivity contribution is -0.136. The summed E-state index contributed by atoms with van der Waals surface area (Å²) in [5.41, 5.74) is 0.507. The molecule has 1 aromatic rings. The van der Waals surface area contributed by atoms with Gasteiger partial charge in [-0.25, -0.2) is 0 Å². The van der Waals surface area contributed by atoms with E-state index < -0.39 is 29.7 Å². The molecule has 3 rings (SSSR count). The van der Waals surface area contributed by atoms with Gasteiger partial charge in [-0.1, -0.05) is 6.07 Å². The molecule has 10 heteroatoms. The van der Waals surface area contributed by atoms with Gasteiger partial charge in [-0.2, -0.15) is 0 Å². The molecule has 1 saturated heterocycles. The zero-order chi connectivity index (χ0) is 19.6. The number of amides is 5. The fraction of sp³-hybridized carbons (Fsp3) is 0.353. The van der Waals surface area contributed by atoms with Crippen LogP contribution in [0.15, 0.2) is 18.2 Å². The van der Waals surface area contributed by atoms with Gasteiger partial charge in [-0.3, -0.25) is 34.2 Å². The van der Waals surface area contributed by atoms with Crippen LogP contribution < -0.4 is 16.0 Å². The molecule has 2 heterocycles. The third kappa shape index (κ3) is 3.51. The first-order valence-electron chi connectivity index (χ1n) is 8.40. The van der Waals surface area contributed by atoms with Crippen LogP contribution >= 0.6 is 0 Å². The van der Waals surface area contributed by atoms with E-state index in [1.165, 1.54) is 6.07 Å². The summed E-state index contributed by atoms with van der Waals surface area (Å²) in [6.45, 7) is -0.245. The maximum atomic E-state index is 12.8. The van der Waals surface area contributed by atoms with Gasteiger partial charge >= 0.3 is 0 Å². The number of hydrogen-bond donors (Lipinski definition) is 4. The lowest BCUT2D eigenvalue weighted by Gasteiger charge is -2.27. The van der Waals surface area contributed by atoms with E-state index in [2.05, 4.69) is 16.0 Å². The molecular formula is C17H18N4O6. The van der Waals surface area contributed by atoms with Gasteiger partial charge in [0.25, 0.3) is 11.8 Å². The summed E-state index contributed by atoms with van der Waals surface area (Å²) < 4.78 is 0. The first kappa shape index (κ1) is 18.5. The quantitative estimate of drug-likeness (QED) is 0.449. The smallest absolute Gasteiger partial charge is 0.264 e. The van der Waals surface area contributed by atoms with Crippen molar-refractivity contribution in [1.82, 2.24) is 15.5 Å². The van der Waals surface area contributed by atoms with Crippen molar-refractivity contribution in [2.45, 2.75) is 18.9 Å². The van der Waals surface area contributed by atoms with Crippen molar-refractivity contribution in [3.05, 3.63) is 29.3 Å². The van der Waals surface area contributed by atoms with Crippen molar-refractivity contribution in [1.29, 1.82) is 0 Å². The van der Waals surface area contributed by atoms with Crippen LogP contribution in [-0.4, -0.2) is 65.3 Å². The Morgan fingerprint density at radius 3 is 2.70 bits per heavy atom. The lowest BCUT2D eigenvalue weighted by Crippen LogP contribution is -2.54. The zero-order valence-corrected chi connectivity index (χ0v) is 14.3. The number of imide groups is 2. The largest absolute Gasteiger partial charge is 0.395 e. The van der Waals surface area contributed by atoms with Gasteiger partial charge in [0, 0.05) is 18.7 Å². The average Bonchev–Trinajstić information content (AvgIpc) is 2.90. The molecule has 10 nitrogen and oxygen atoms in total. The molecule has 1 aromatic carbocycles. The van der Waals surface area contributed by atoms with E-state index in [4.69, 9.17) is 5.11 Å². The molecule has 0 spiro atoms. The highest BCUT2D eigenvalue weighted by molar-refractivity contribution is 6.25. The summed E-state index contributed by atoms with van der Waals surface area (Å²) in [4.78, 5) is 61.4. The Labute approximate surface area is 153 Å². The zero-order valence-electron chi connectivity index (χ0n) is 14.3. The van der Waals surface area contributed by atoms with E-state index in [0.29, 0.717) is 5.69 Å². The van der Waals surface area contributed by atoms with Crippen molar-refractivity contribution in [2.75, 3.05) is 25.0 Å². The number of benzene rings is 1. The minimum atomic E-state index is -1.05. The molecule has 27 heavy (non-hydrogen) atoms. The lowest BCUT2D eigenvalue weighted by atomic mass is 10.0. The third-order valence-corrected chi connectivity index (χ3v) is 4.34. The van der Waals surface area contributed by atoms with Crippen molar-refractivity contribution >= 4 is 35.2 Å². The normalized spacial score (nSPS) is 19.0. The summed E-state index contributed by atoms with van der Waals surface area (Å²) in [5.74, 6) is -2.77. The second kappa shape index (κ2) is 7.54. The number of anilines is 1. The number of nitrogens with zero attached hydrogens (tertiary/aromatic N) is 1. The number of aliphatic hydroxyl groups excluding tert-OH is 1. The van der Waals surface area contributed by atoms with Gasteiger partial charge < -0.3 is 15.7 Å². The minimum Gasteiger partial charge on any atom is -0.395 e. The van der Waals surface area contributed by atoms with Crippen LogP contribution in [0.2, 0.25) is 0 Å². The van der Waals surface area contributed by atoms with Crippen molar-refractivity contribution in [3.63, 3.8) is 0 Å². The molecule has 1 unspecified atom stereocenters. The summed E-state index contributed by atoms with van der Waals surface area (Å²) >= 11 is 0. The van der Waals surface area contributed by atoms with Crippen LogP contribution in [0.3, 0.4) is 0 Å². The van der Waals surface area contributed by atoms with Crippen LogP contribution in [-0.2, 0) is 14.4 Å². The highest BCUT2D eigenvalue weighted by atomic mass is 16.3. The molecule has 0 saturated carbocycles. The average molecular weight is 374 g/mol. The van der Waals surface area contributed by atoms with Gasteiger partial charge in [0.15, 0.2) is 0 Å². The fourth-order valence-electron chi connectivity index (χ4n) is 3.10. The monoisotopic (exact) mass is 374 g/mol. The van der Waals surface area contributed by atoms with Gasteiger partial charge in [0.2, 0.25) is 17.7 Å². The Bertz CT molecular complexity index is 837. The van der Waals surface area contributed by atoms with Crippen LogP contribution in [0.5, 0.6) is 0 Å². The van der Waals surface area contributed by atoms with E-state index >= 15 is 0 Å². The molecule has 0 aliphatic carbocycles. The maximum absolute atomic E-state index is 12.8. The van der Waals surface area contributed by atoms with E-state index in [1.54, 1.807) is 12.1 Å². The Morgan fingerprint density at radius 1 is 1.22 bits per heavy atom. The van der Waals surface area contributed by atoms with Crippen molar-refractivity contribution in [2.24, 2.45) is 0 Å². The van der Waals surface area contributed by atoms with Crippen molar-refractivity contribution in [3.8, 4) is 0 Å². The first-order chi connectivity index (χ1) is 12.9. The summed E-state index contributed by atoms with van der Waals surface area (Å²) in [7, 11) is 0. The highest BCUT2D eigenvalue weighted by Crippen LogP contribution is 2.32. The Hall–Kier alpha value is -3.27. The molecule has 0 radical (unpaired) electrons.